The zero-order valence-electron chi connectivity index (χ0n) is 14.5. The second kappa shape index (κ2) is 7.59. The van der Waals surface area contributed by atoms with Crippen molar-refractivity contribution in [2.75, 3.05) is 0 Å². The molecule has 0 aromatic rings. The zero-order chi connectivity index (χ0) is 16.0. The minimum atomic E-state index is 0.182. The third kappa shape index (κ3) is 5.49. The van der Waals surface area contributed by atoms with E-state index in [0.29, 0.717) is 6.42 Å². The Labute approximate surface area is 130 Å². The van der Waals surface area contributed by atoms with Gasteiger partial charge in [-0.05, 0) is 69.6 Å². The van der Waals surface area contributed by atoms with Crippen molar-refractivity contribution in [3.05, 3.63) is 46.6 Å². The summed E-state index contributed by atoms with van der Waals surface area (Å²) < 4.78 is 0. The number of hydrogen-bond acceptors (Lipinski definition) is 1. The first-order valence-corrected chi connectivity index (χ1v) is 7.97. The molecule has 0 unspecified atom stereocenters. The van der Waals surface area contributed by atoms with Crippen LogP contribution in [-0.4, -0.2) is 5.78 Å². The van der Waals surface area contributed by atoms with Crippen molar-refractivity contribution in [2.45, 2.75) is 67.2 Å². The molecule has 116 valence electrons. The summed E-state index contributed by atoms with van der Waals surface area (Å²) in [5, 5.41) is 0. The average Bonchev–Trinajstić information content (AvgIpc) is 2.36. The van der Waals surface area contributed by atoms with Gasteiger partial charge in [0, 0.05) is 6.42 Å². The molecule has 1 aliphatic rings. The van der Waals surface area contributed by atoms with Crippen molar-refractivity contribution in [3.63, 3.8) is 0 Å². The van der Waals surface area contributed by atoms with Crippen LogP contribution in [-0.2, 0) is 4.79 Å². The molecular weight excluding hydrogens is 256 g/mol. The van der Waals surface area contributed by atoms with Gasteiger partial charge in [0.15, 0.2) is 5.78 Å². The quantitative estimate of drug-likeness (QED) is 0.347. The van der Waals surface area contributed by atoms with Gasteiger partial charge in [0.05, 0.1) is 0 Å². The molecule has 1 rings (SSSR count). The van der Waals surface area contributed by atoms with Gasteiger partial charge in [-0.2, -0.15) is 0 Å². The lowest BCUT2D eigenvalue weighted by Gasteiger charge is -2.32. The first kappa shape index (κ1) is 17.7. The number of allylic oxidation sites excluding steroid dienone is 8. The maximum absolute atomic E-state index is 11.9. The van der Waals surface area contributed by atoms with Gasteiger partial charge in [0.25, 0.3) is 0 Å². The molecule has 0 fully saturated rings. The molecule has 0 radical (unpaired) electrons. The van der Waals surface area contributed by atoms with E-state index in [9.17, 15) is 4.79 Å². The van der Waals surface area contributed by atoms with E-state index in [0.717, 1.165) is 11.1 Å². The van der Waals surface area contributed by atoms with Gasteiger partial charge in [-0.1, -0.05) is 43.2 Å². The fraction of sp³-hybridized carbons (Fsp3) is 0.550. The number of carbonyl (C=O) groups excluding carboxylic acids is 1. The van der Waals surface area contributed by atoms with Crippen molar-refractivity contribution < 1.29 is 4.79 Å². The lowest BCUT2D eigenvalue weighted by Crippen LogP contribution is -2.19. The summed E-state index contributed by atoms with van der Waals surface area (Å²) in [5.41, 5.74) is 5.35. The van der Waals surface area contributed by atoms with Crippen LogP contribution in [0.1, 0.15) is 67.2 Å². The molecule has 0 N–H and O–H groups in total. The first-order valence-electron chi connectivity index (χ1n) is 7.97. The van der Waals surface area contributed by atoms with Crippen LogP contribution in [0.2, 0.25) is 0 Å². The predicted molar refractivity (Wildman–Crippen MR) is 92.3 cm³/mol. The molecule has 0 bridgehead atoms. The summed E-state index contributed by atoms with van der Waals surface area (Å²) in [7, 11) is 0. The van der Waals surface area contributed by atoms with E-state index in [1.54, 1.807) is 6.08 Å². The molecule has 1 heteroatoms. The van der Waals surface area contributed by atoms with Crippen molar-refractivity contribution in [1.82, 2.24) is 0 Å². The summed E-state index contributed by atoms with van der Waals surface area (Å²) in [4.78, 5) is 11.9. The molecule has 1 aliphatic carbocycles. The largest absolute Gasteiger partial charge is 0.294 e. The van der Waals surface area contributed by atoms with E-state index in [-0.39, 0.29) is 11.2 Å². The van der Waals surface area contributed by atoms with Crippen molar-refractivity contribution >= 4 is 5.78 Å². The SMILES string of the molecule is CC=C(C)CC(=O)C=C(C)C=CC1=C(C)CCCC1(C)C. The molecule has 0 saturated carbocycles. The van der Waals surface area contributed by atoms with Crippen LogP contribution in [0.3, 0.4) is 0 Å². The Kier molecular flexibility index (Phi) is 6.39. The van der Waals surface area contributed by atoms with Crippen molar-refractivity contribution in [2.24, 2.45) is 5.41 Å². The van der Waals surface area contributed by atoms with Crippen LogP contribution in [0.15, 0.2) is 46.6 Å². The van der Waals surface area contributed by atoms with E-state index in [4.69, 9.17) is 0 Å². The maximum atomic E-state index is 11.9. The fourth-order valence-electron chi connectivity index (χ4n) is 2.96. The highest BCUT2D eigenvalue weighted by Gasteiger charge is 2.26. The summed E-state index contributed by atoms with van der Waals surface area (Å²) in [6, 6.07) is 0. The van der Waals surface area contributed by atoms with Gasteiger partial charge in [-0.15, -0.1) is 0 Å². The molecular formula is C20H30O. The summed E-state index contributed by atoms with van der Waals surface area (Å²) >= 11 is 0. The van der Waals surface area contributed by atoms with E-state index < -0.39 is 0 Å². The minimum absolute atomic E-state index is 0.182. The second-order valence-electron chi connectivity index (χ2n) is 6.93. The monoisotopic (exact) mass is 286 g/mol. The van der Waals surface area contributed by atoms with Crippen molar-refractivity contribution in [3.8, 4) is 0 Å². The Morgan fingerprint density at radius 3 is 2.52 bits per heavy atom. The molecule has 21 heavy (non-hydrogen) atoms. The molecule has 0 aromatic heterocycles. The zero-order valence-corrected chi connectivity index (χ0v) is 14.5. The third-order valence-corrected chi connectivity index (χ3v) is 4.39. The Morgan fingerprint density at radius 2 is 1.95 bits per heavy atom. The van der Waals surface area contributed by atoms with Crippen LogP contribution in [0.25, 0.3) is 0 Å². The van der Waals surface area contributed by atoms with Gasteiger partial charge >= 0.3 is 0 Å². The van der Waals surface area contributed by atoms with Gasteiger partial charge < -0.3 is 0 Å². The topological polar surface area (TPSA) is 17.1 Å². The standard InChI is InChI=1S/C20H30O/c1-7-15(2)13-18(21)14-16(3)10-11-19-17(4)9-8-12-20(19,5)6/h7,10-11,14H,8-9,12-13H2,1-6H3. The normalized spacial score (nSPS) is 20.3. The van der Waals surface area contributed by atoms with Crippen LogP contribution in [0.5, 0.6) is 0 Å². The highest BCUT2D eigenvalue weighted by atomic mass is 16.1. The Bertz CT molecular complexity index is 510. The van der Waals surface area contributed by atoms with E-state index >= 15 is 0 Å². The minimum Gasteiger partial charge on any atom is -0.294 e. The molecule has 1 nitrogen and oxygen atoms in total. The Balaban J connectivity index is 2.82. The molecule has 0 aliphatic heterocycles. The van der Waals surface area contributed by atoms with Crippen LogP contribution >= 0.6 is 0 Å². The Hall–Kier alpha value is -1.37. The van der Waals surface area contributed by atoms with Crippen LogP contribution in [0.4, 0.5) is 0 Å². The number of rotatable bonds is 5. The summed E-state index contributed by atoms with van der Waals surface area (Å²) in [5.74, 6) is 0.182. The third-order valence-electron chi connectivity index (χ3n) is 4.39. The second-order valence-corrected chi connectivity index (χ2v) is 6.93. The lowest BCUT2D eigenvalue weighted by molar-refractivity contribution is -0.114. The van der Waals surface area contributed by atoms with Crippen LogP contribution < -0.4 is 0 Å². The molecule has 0 atom stereocenters. The van der Waals surface area contributed by atoms with Gasteiger partial charge in [-0.3, -0.25) is 4.79 Å². The number of hydrogen-bond donors (Lipinski definition) is 0. The number of carbonyl (C=O) groups is 1. The molecule has 0 saturated heterocycles. The maximum Gasteiger partial charge on any atom is 0.159 e. The smallest absolute Gasteiger partial charge is 0.159 e. The lowest BCUT2D eigenvalue weighted by atomic mass is 9.72. The molecule has 0 heterocycles. The van der Waals surface area contributed by atoms with Gasteiger partial charge in [0.2, 0.25) is 0 Å². The van der Waals surface area contributed by atoms with Gasteiger partial charge in [0.1, 0.15) is 0 Å². The van der Waals surface area contributed by atoms with E-state index in [1.807, 2.05) is 26.8 Å². The van der Waals surface area contributed by atoms with E-state index in [2.05, 4.69) is 32.9 Å². The summed E-state index contributed by atoms with van der Waals surface area (Å²) in [6.07, 6.45) is 12.3. The highest BCUT2D eigenvalue weighted by Crippen LogP contribution is 2.40. The molecule has 0 spiro atoms. The van der Waals surface area contributed by atoms with Crippen LogP contribution in [0, 0.1) is 5.41 Å². The molecule has 0 aromatic carbocycles. The highest BCUT2D eigenvalue weighted by molar-refractivity contribution is 5.92. The van der Waals surface area contributed by atoms with Gasteiger partial charge in [-0.25, -0.2) is 0 Å². The summed E-state index contributed by atoms with van der Waals surface area (Å²) in [6.45, 7) is 12.8. The Morgan fingerprint density at radius 1 is 1.29 bits per heavy atom. The predicted octanol–water partition coefficient (Wildman–Crippen LogP) is 5.94. The number of ketones is 1. The first-order chi connectivity index (χ1) is 9.76. The fourth-order valence-corrected chi connectivity index (χ4v) is 2.96. The molecule has 0 amide bonds. The van der Waals surface area contributed by atoms with Crippen molar-refractivity contribution in [1.29, 1.82) is 0 Å². The van der Waals surface area contributed by atoms with E-state index in [1.165, 1.54) is 30.4 Å². The average molecular weight is 286 g/mol.